The molecule has 0 spiro atoms. The van der Waals surface area contributed by atoms with Crippen molar-refractivity contribution in [2.75, 3.05) is 57.7 Å². The minimum Gasteiger partial charge on any atom is -0.496 e. The molecule has 0 saturated heterocycles. The Hall–Kier alpha value is -6.88. The molecular weight excluding hydrogens is 1070 g/mol. The Morgan fingerprint density at radius 3 is 1.54 bits per heavy atom. The van der Waals surface area contributed by atoms with Gasteiger partial charge in [0, 0.05) is 34.3 Å². The third kappa shape index (κ3) is 15.8. The number of benzene rings is 4. The van der Waals surface area contributed by atoms with E-state index >= 15 is 0 Å². The Morgan fingerprint density at radius 2 is 1.09 bits per heavy atom. The molecule has 4 aromatic carbocycles. The normalized spacial score (nSPS) is 13.0. The number of H-pyrrole nitrogens is 2. The smallest absolute Gasteiger partial charge is 0.356 e. The lowest BCUT2D eigenvalue weighted by Crippen LogP contribution is -2.14. The lowest BCUT2D eigenvalue weighted by atomic mass is 10.1. The van der Waals surface area contributed by atoms with Crippen LogP contribution in [0.5, 0.6) is 5.75 Å². The van der Waals surface area contributed by atoms with E-state index < -0.39 is 52.2 Å². The lowest BCUT2D eigenvalue weighted by Gasteiger charge is -2.19. The van der Waals surface area contributed by atoms with Crippen LogP contribution in [0.15, 0.2) is 113 Å². The summed E-state index contributed by atoms with van der Waals surface area (Å²) in [5.41, 5.74) is 15.1. The van der Waals surface area contributed by atoms with Gasteiger partial charge in [-0.1, -0.05) is 77.3 Å². The summed E-state index contributed by atoms with van der Waals surface area (Å²) in [5, 5.41) is 0.997. The van der Waals surface area contributed by atoms with Crippen molar-refractivity contribution in [2.45, 2.75) is 40.2 Å². The van der Waals surface area contributed by atoms with Gasteiger partial charge in [0.2, 0.25) is 11.9 Å². The van der Waals surface area contributed by atoms with Crippen LogP contribution in [0.25, 0.3) is 22.3 Å². The van der Waals surface area contributed by atoms with Crippen molar-refractivity contribution < 1.29 is 51.0 Å². The van der Waals surface area contributed by atoms with Gasteiger partial charge in [0.05, 0.1) is 46.2 Å². The molecule has 8 aromatic rings. The fourth-order valence-corrected chi connectivity index (χ4v) is 9.94. The van der Waals surface area contributed by atoms with E-state index in [1.54, 1.807) is 95.1 Å². The quantitative estimate of drug-likeness (QED) is 0.0240. The fourth-order valence-electron chi connectivity index (χ4n) is 7.04. The molecule has 4 aromatic heterocycles. The Labute approximate surface area is 443 Å². The number of imidazole rings is 2. The van der Waals surface area contributed by atoms with E-state index in [4.69, 9.17) is 67.0 Å². The number of rotatable bonds is 25. The second kappa shape index (κ2) is 26.3. The van der Waals surface area contributed by atoms with Crippen molar-refractivity contribution in [3.63, 3.8) is 0 Å². The van der Waals surface area contributed by atoms with Gasteiger partial charge in [-0.2, -0.15) is 9.97 Å². The van der Waals surface area contributed by atoms with Crippen LogP contribution >= 0.6 is 38.4 Å². The van der Waals surface area contributed by atoms with Crippen LogP contribution in [0.1, 0.15) is 43.0 Å². The average Bonchev–Trinajstić information content (AvgIpc) is 4.01. The number of aromatic nitrogens is 8. The Kier molecular flexibility index (Phi) is 19.6. The van der Waals surface area contributed by atoms with E-state index in [2.05, 4.69) is 29.9 Å². The molecule has 76 heavy (non-hydrogen) atoms. The molecule has 0 bridgehead atoms. The number of nitrogens with zero attached hydrogens (tertiary/aromatic N) is 6. The van der Waals surface area contributed by atoms with Crippen LogP contribution in [-0.2, 0) is 63.0 Å². The fraction of sp³-hybridized carbons (Fsp3) is 0.265. The van der Waals surface area contributed by atoms with E-state index in [-0.39, 0.29) is 79.7 Å². The van der Waals surface area contributed by atoms with Crippen LogP contribution in [0.2, 0.25) is 10.0 Å². The van der Waals surface area contributed by atoms with Crippen LogP contribution in [0.3, 0.4) is 0 Å². The number of ketones is 2. The van der Waals surface area contributed by atoms with Gasteiger partial charge in [-0.3, -0.25) is 47.3 Å². The highest BCUT2D eigenvalue weighted by Crippen LogP contribution is 2.50. The monoisotopic (exact) mass is 1120 g/mol. The lowest BCUT2D eigenvalue weighted by molar-refractivity contribution is 0.0852. The summed E-state index contributed by atoms with van der Waals surface area (Å²) in [5.74, 6) is -0.161. The van der Waals surface area contributed by atoms with Gasteiger partial charge in [0.15, 0.2) is 33.9 Å². The molecule has 0 saturated carbocycles. The van der Waals surface area contributed by atoms with Gasteiger partial charge in [0.1, 0.15) is 31.7 Å². The van der Waals surface area contributed by atoms with E-state index in [1.807, 2.05) is 26.0 Å². The zero-order chi connectivity index (χ0) is 54.4. The molecule has 0 aliphatic rings. The highest BCUT2D eigenvalue weighted by atomic mass is 35.5. The van der Waals surface area contributed by atoms with Crippen LogP contribution in [0.4, 0.5) is 11.9 Å². The van der Waals surface area contributed by atoms with Crippen molar-refractivity contribution >= 4 is 84.2 Å². The molecule has 0 aliphatic heterocycles. The summed E-state index contributed by atoms with van der Waals surface area (Å²) in [6.45, 7) is 3.25. The topological polar surface area (TPSA) is 312 Å². The zero-order valence-electron chi connectivity index (χ0n) is 41.2. The summed E-state index contributed by atoms with van der Waals surface area (Å²) in [7, 11) is -6.21. The third-order valence-corrected chi connectivity index (χ3v) is 14.5. The Bertz CT molecular complexity index is 3550. The van der Waals surface area contributed by atoms with E-state index in [9.17, 15) is 28.3 Å². The summed E-state index contributed by atoms with van der Waals surface area (Å²) >= 11 is 12.1. The van der Waals surface area contributed by atoms with Crippen LogP contribution in [-0.4, -0.2) is 96.8 Å². The third-order valence-electron chi connectivity index (χ3n) is 10.9. The molecule has 0 amide bonds. The van der Waals surface area contributed by atoms with Gasteiger partial charge in [-0.15, -0.1) is 0 Å². The number of carbonyl (C=O) groups is 2. The van der Waals surface area contributed by atoms with Gasteiger partial charge in [-0.05, 0) is 73.0 Å². The van der Waals surface area contributed by atoms with Crippen LogP contribution < -0.4 is 27.3 Å². The number of hydrogen-bond acceptors (Lipinski definition) is 19. The molecule has 23 nitrogen and oxygen atoms in total. The highest BCUT2D eigenvalue weighted by molar-refractivity contribution is 7.53. The predicted octanol–water partition coefficient (Wildman–Crippen LogP) is 7.90. The molecule has 27 heteroatoms. The van der Waals surface area contributed by atoms with Gasteiger partial charge in [0.25, 0.3) is 11.1 Å². The van der Waals surface area contributed by atoms with Crippen molar-refractivity contribution in [1.29, 1.82) is 0 Å². The maximum absolute atomic E-state index is 13.6. The number of aromatic amines is 2. The zero-order valence-corrected chi connectivity index (χ0v) is 44.5. The molecule has 8 rings (SSSR count). The Morgan fingerprint density at radius 1 is 0.632 bits per heavy atom. The first-order chi connectivity index (χ1) is 36.4. The molecule has 2 atom stereocenters. The van der Waals surface area contributed by atoms with Crippen LogP contribution in [0, 0.1) is 13.8 Å². The number of nitrogens with one attached hydrogen (secondary N) is 2. The largest absolute Gasteiger partial charge is 0.496 e. The molecule has 400 valence electrons. The number of halogens is 2. The first kappa shape index (κ1) is 56.8. The molecule has 4 heterocycles. The number of Topliss-reactive ketones (excluding diaryl/α,β-unsaturated/α-hetero) is 2. The number of methoxy groups -OCH3 is 1. The maximum atomic E-state index is 13.6. The van der Waals surface area contributed by atoms with Crippen molar-refractivity contribution in [3.8, 4) is 5.75 Å². The highest BCUT2D eigenvalue weighted by Gasteiger charge is 2.29. The molecular formula is C49H52Cl2N10O13P2. The number of hydrogen-bond donors (Lipinski definition) is 4. The van der Waals surface area contributed by atoms with Crippen molar-refractivity contribution in [1.82, 2.24) is 39.0 Å². The molecule has 0 radical (unpaired) electrons. The predicted molar refractivity (Wildman–Crippen MR) is 284 cm³/mol. The number of nitrogens with two attached hydrogens (primary N) is 2. The van der Waals surface area contributed by atoms with E-state index in [0.29, 0.717) is 43.7 Å². The SMILES string of the molecule is COc1ccc(C(=O)COP(=O)(COCCn2cnc3c(=O)[nH]c(N)nc32)OCc2cccc(Cl)c2)cc1C.Cc1ccc(C(=O)COP(=O)(COCCn2cnc3c(=O)[nH]c(N)nc32)OCc2cccc(Cl)c2)cc1. The van der Waals surface area contributed by atoms with Crippen molar-refractivity contribution in [2.24, 2.45) is 0 Å². The summed E-state index contributed by atoms with van der Waals surface area (Å²) in [6.07, 6.45) is 2.03. The molecule has 0 aliphatic carbocycles. The molecule has 0 fully saturated rings. The molecule has 2 unspecified atom stereocenters. The first-order valence-corrected chi connectivity index (χ1v) is 27.2. The van der Waals surface area contributed by atoms with Gasteiger partial charge >= 0.3 is 15.2 Å². The second-order valence-electron chi connectivity index (χ2n) is 16.7. The number of ether oxygens (including phenoxy) is 3. The van der Waals surface area contributed by atoms with Gasteiger partial charge < -0.3 is 43.9 Å². The first-order valence-electron chi connectivity index (χ1n) is 23.0. The number of carbonyl (C=O) groups excluding carboxylic acids is 2. The van der Waals surface area contributed by atoms with E-state index in [1.165, 1.54) is 12.7 Å². The average molecular weight is 1120 g/mol. The van der Waals surface area contributed by atoms with Gasteiger partial charge in [-0.25, -0.2) is 9.97 Å². The number of aryl methyl sites for hydroxylation is 2. The minimum atomic E-state index is -3.90. The Balaban J connectivity index is 0.000000221. The number of anilines is 2. The summed E-state index contributed by atoms with van der Waals surface area (Å²) in [6, 6.07) is 25.7. The van der Waals surface area contributed by atoms with E-state index in [0.717, 1.165) is 11.1 Å². The van der Waals surface area contributed by atoms with Crippen molar-refractivity contribution in [3.05, 3.63) is 168 Å². The maximum Gasteiger partial charge on any atom is 0.356 e. The summed E-state index contributed by atoms with van der Waals surface area (Å²) in [4.78, 5) is 70.3. The number of fused-ring (bicyclic) bond motifs is 2. The second-order valence-corrected chi connectivity index (χ2v) is 21.5. The standard InChI is InChI=1S/C25H27ClN5O7P.C24H25ClN5O6P/c1-16-10-18(6-7-21(16)35-2)20(32)13-38-39(34,37-12-17-4-3-5-19(26)11-17)15-36-9-8-31-14-28-22-23(31)29-25(27)30-24(22)33;1-16-5-7-18(8-6-16)20(31)13-36-37(33,35-12-17-3-2-4-19(25)11-17)15-34-10-9-30-14-27-21-22(30)28-24(26)29-23(21)32/h3-7,10-11,14H,8-9,12-13,15H2,1-2H3,(H3,27,29,30,33);2-8,11,14H,9-10,12-13,15H2,1H3,(H3,26,28,29,32). The molecule has 6 N–H and O–H groups in total. The number of nitrogen functional groups attached to an aromatic ring is 2. The summed E-state index contributed by atoms with van der Waals surface area (Å²) < 4.78 is 69.0. The minimum absolute atomic E-state index is 0.0364.